The molecule has 0 spiro atoms. The van der Waals surface area contributed by atoms with Crippen molar-refractivity contribution < 1.29 is 0 Å². The Bertz CT molecular complexity index is 446. The number of nitrogens with zero attached hydrogens (tertiary/aromatic N) is 1. The molecule has 116 valence electrons. The van der Waals surface area contributed by atoms with Gasteiger partial charge in [-0.3, -0.25) is 0 Å². The normalized spacial score (nSPS) is 25.6. The number of hydrogen-bond acceptors (Lipinski definition) is 2. The monoisotopic (exact) mass is 286 g/mol. The summed E-state index contributed by atoms with van der Waals surface area (Å²) in [5.41, 5.74) is 2.40. The third-order valence-electron chi connectivity index (χ3n) is 5.45. The summed E-state index contributed by atoms with van der Waals surface area (Å²) in [5.74, 6) is 0. The van der Waals surface area contributed by atoms with Crippen LogP contribution < -0.4 is 5.32 Å². The SMILES string of the molecule is CC1(C)CCCN(CC2(c3ccccc3)CCNCC2)C1. The molecule has 0 saturated carbocycles. The zero-order chi connectivity index (χ0) is 14.8. The molecule has 2 aliphatic heterocycles. The molecule has 1 N–H and O–H groups in total. The third-order valence-corrected chi connectivity index (χ3v) is 5.45. The van der Waals surface area contributed by atoms with Crippen LogP contribution in [0.3, 0.4) is 0 Å². The average molecular weight is 286 g/mol. The Morgan fingerprint density at radius 2 is 1.76 bits per heavy atom. The van der Waals surface area contributed by atoms with Gasteiger partial charge in [0.05, 0.1) is 0 Å². The summed E-state index contributed by atoms with van der Waals surface area (Å²) in [5, 5.41) is 3.54. The van der Waals surface area contributed by atoms with Crippen LogP contribution in [0.1, 0.15) is 45.1 Å². The summed E-state index contributed by atoms with van der Waals surface area (Å²) in [6.07, 6.45) is 5.28. The van der Waals surface area contributed by atoms with Crippen LogP contribution in [0, 0.1) is 5.41 Å². The van der Waals surface area contributed by atoms with Crippen molar-refractivity contribution in [3.8, 4) is 0 Å². The predicted octanol–water partition coefficient (Wildman–Crippen LogP) is 3.43. The molecule has 3 rings (SSSR count). The van der Waals surface area contributed by atoms with Gasteiger partial charge in [0.1, 0.15) is 0 Å². The smallest absolute Gasteiger partial charge is 0.0104 e. The van der Waals surface area contributed by atoms with E-state index in [1.807, 2.05) is 0 Å². The molecular weight excluding hydrogens is 256 g/mol. The number of benzene rings is 1. The van der Waals surface area contributed by atoms with E-state index in [1.54, 1.807) is 5.56 Å². The fourth-order valence-corrected chi connectivity index (χ4v) is 4.34. The van der Waals surface area contributed by atoms with Crippen molar-refractivity contribution in [2.75, 3.05) is 32.7 Å². The fourth-order valence-electron chi connectivity index (χ4n) is 4.34. The van der Waals surface area contributed by atoms with Gasteiger partial charge in [-0.15, -0.1) is 0 Å². The minimum Gasteiger partial charge on any atom is -0.317 e. The largest absolute Gasteiger partial charge is 0.317 e. The molecule has 2 nitrogen and oxygen atoms in total. The maximum Gasteiger partial charge on any atom is 0.0104 e. The lowest BCUT2D eigenvalue weighted by Crippen LogP contribution is -2.51. The summed E-state index contributed by atoms with van der Waals surface area (Å²) in [7, 11) is 0. The van der Waals surface area contributed by atoms with Gasteiger partial charge in [-0.25, -0.2) is 0 Å². The van der Waals surface area contributed by atoms with Crippen LogP contribution in [0.25, 0.3) is 0 Å². The van der Waals surface area contributed by atoms with Gasteiger partial charge < -0.3 is 10.2 Å². The summed E-state index contributed by atoms with van der Waals surface area (Å²) in [6.45, 7) is 11.0. The summed E-state index contributed by atoms with van der Waals surface area (Å²) >= 11 is 0. The minimum absolute atomic E-state index is 0.361. The van der Waals surface area contributed by atoms with Crippen molar-refractivity contribution >= 4 is 0 Å². The Morgan fingerprint density at radius 1 is 1.05 bits per heavy atom. The Hall–Kier alpha value is -0.860. The van der Waals surface area contributed by atoms with Gasteiger partial charge in [0.25, 0.3) is 0 Å². The van der Waals surface area contributed by atoms with E-state index in [0.717, 1.165) is 13.1 Å². The van der Waals surface area contributed by atoms with Crippen LogP contribution in [-0.4, -0.2) is 37.6 Å². The minimum atomic E-state index is 0.361. The molecule has 2 saturated heterocycles. The van der Waals surface area contributed by atoms with E-state index in [4.69, 9.17) is 0 Å². The summed E-state index contributed by atoms with van der Waals surface area (Å²) in [6, 6.07) is 11.3. The van der Waals surface area contributed by atoms with Gasteiger partial charge in [-0.05, 0) is 56.3 Å². The fraction of sp³-hybridized carbons (Fsp3) is 0.684. The molecule has 2 heteroatoms. The highest BCUT2D eigenvalue weighted by Gasteiger charge is 2.37. The molecule has 1 aromatic carbocycles. The molecule has 2 heterocycles. The number of rotatable bonds is 3. The number of piperidine rings is 2. The van der Waals surface area contributed by atoms with Crippen molar-refractivity contribution in [3.63, 3.8) is 0 Å². The lowest BCUT2D eigenvalue weighted by Gasteiger charge is -2.46. The summed E-state index contributed by atoms with van der Waals surface area (Å²) < 4.78 is 0. The van der Waals surface area contributed by atoms with E-state index in [0.29, 0.717) is 10.8 Å². The van der Waals surface area contributed by atoms with Gasteiger partial charge >= 0.3 is 0 Å². The van der Waals surface area contributed by atoms with E-state index in [2.05, 4.69) is 54.4 Å². The molecule has 0 unspecified atom stereocenters. The topological polar surface area (TPSA) is 15.3 Å². The second kappa shape index (κ2) is 6.10. The first kappa shape index (κ1) is 15.1. The van der Waals surface area contributed by atoms with Crippen molar-refractivity contribution in [3.05, 3.63) is 35.9 Å². The zero-order valence-corrected chi connectivity index (χ0v) is 13.7. The first-order valence-electron chi connectivity index (χ1n) is 8.58. The predicted molar refractivity (Wildman–Crippen MR) is 89.7 cm³/mol. The van der Waals surface area contributed by atoms with Gasteiger partial charge in [-0.1, -0.05) is 44.2 Å². The van der Waals surface area contributed by atoms with Gasteiger partial charge in [0, 0.05) is 18.5 Å². The molecule has 2 aliphatic rings. The maximum absolute atomic E-state index is 3.54. The van der Waals surface area contributed by atoms with Gasteiger partial charge in [0.2, 0.25) is 0 Å². The standard InChI is InChI=1S/C19H30N2/c1-18(2)9-6-14-21(15-18)16-19(10-12-20-13-11-19)17-7-4-3-5-8-17/h3-5,7-8,20H,6,9-16H2,1-2H3. The van der Waals surface area contributed by atoms with Crippen molar-refractivity contribution in [2.24, 2.45) is 5.41 Å². The van der Waals surface area contributed by atoms with Crippen LogP contribution in [-0.2, 0) is 5.41 Å². The molecule has 0 aromatic heterocycles. The van der Waals surface area contributed by atoms with Crippen LogP contribution >= 0.6 is 0 Å². The number of hydrogen-bond donors (Lipinski definition) is 1. The van der Waals surface area contributed by atoms with Crippen LogP contribution in [0.15, 0.2) is 30.3 Å². The molecule has 21 heavy (non-hydrogen) atoms. The van der Waals surface area contributed by atoms with Crippen molar-refractivity contribution in [2.45, 2.75) is 44.9 Å². The molecule has 1 aromatic rings. The average Bonchev–Trinajstić information content (AvgIpc) is 2.48. The van der Waals surface area contributed by atoms with E-state index in [9.17, 15) is 0 Å². The quantitative estimate of drug-likeness (QED) is 0.916. The van der Waals surface area contributed by atoms with Crippen LogP contribution in [0.5, 0.6) is 0 Å². The molecule has 0 atom stereocenters. The zero-order valence-electron chi connectivity index (χ0n) is 13.7. The van der Waals surface area contributed by atoms with Gasteiger partial charge in [0.15, 0.2) is 0 Å². The number of nitrogens with one attached hydrogen (secondary N) is 1. The molecule has 0 amide bonds. The van der Waals surface area contributed by atoms with Gasteiger partial charge in [-0.2, -0.15) is 0 Å². The molecule has 0 aliphatic carbocycles. The first-order chi connectivity index (χ1) is 10.1. The Labute approximate surface area is 129 Å². The molecule has 2 fully saturated rings. The van der Waals surface area contributed by atoms with Crippen molar-refractivity contribution in [1.82, 2.24) is 10.2 Å². The Balaban J connectivity index is 1.80. The lowest BCUT2D eigenvalue weighted by atomic mass is 9.72. The highest BCUT2D eigenvalue weighted by Crippen LogP contribution is 2.37. The highest BCUT2D eigenvalue weighted by atomic mass is 15.1. The molecule has 0 bridgehead atoms. The van der Waals surface area contributed by atoms with Crippen LogP contribution in [0.2, 0.25) is 0 Å². The summed E-state index contributed by atoms with van der Waals surface area (Å²) in [4.78, 5) is 2.74. The highest BCUT2D eigenvalue weighted by molar-refractivity contribution is 5.27. The first-order valence-corrected chi connectivity index (χ1v) is 8.58. The third kappa shape index (κ3) is 3.49. The Morgan fingerprint density at radius 3 is 2.43 bits per heavy atom. The van der Waals surface area contributed by atoms with Crippen molar-refractivity contribution in [1.29, 1.82) is 0 Å². The Kier molecular flexibility index (Phi) is 4.37. The maximum atomic E-state index is 3.54. The molecular formula is C19H30N2. The van der Waals surface area contributed by atoms with E-state index in [-0.39, 0.29) is 0 Å². The second-order valence-electron chi connectivity index (χ2n) is 7.87. The second-order valence-corrected chi connectivity index (χ2v) is 7.87. The number of likely N-dealkylation sites (tertiary alicyclic amines) is 1. The van der Waals surface area contributed by atoms with E-state index >= 15 is 0 Å². The molecule has 0 radical (unpaired) electrons. The lowest BCUT2D eigenvalue weighted by molar-refractivity contribution is 0.0832. The van der Waals surface area contributed by atoms with E-state index in [1.165, 1.54) is 45.3 Å². The van der Waals surface area contributed by atoms with E-state index < -0.39 is 0 Å². The van der Waals surface area contributed by atoms with Crippen LogP contribution in [0.4, 0.5) is 0 Å².